The van der Waals surface area contributed by atoms with E-state index in [1.54, 1.807) is 0 Å². The molecule has 0 aromatic heterocycles. The summed E-state index contributed by atoms with van der Waals surface area (Å²) >= 11 is 0. The number of hydrogen-bond donors (Lipinski definition) is 2. The highest BCUT2D eigenvalue weighted by atomic mass is 16.2. The topological polar surface area (TPSA) is 49.3 Å². The van der Waals surface area contributed by atoms with Crippen LogP contribution >= 0.6 is 0 Å². The maximum atomic E-state index is 11.9. The van der Waals surface area contributed by atoms with Crippen LogP contribution in [0.2, 0.25) is 0 Å². The Morgan fingerprint density at radius 3 is 2.85 bits per heavy atom. The van der Waals surface area contributed by atoms with Gasteiger partial charge in [0.25, 0.3) is 0 Å². The summed E-state index contributed by atoms with van der Waals surface area (Å²) in [6.07, 6.45) is 2.38. The number of aliphatic hydroxyl groups is 1. The number of amides is 1. The van der Waals surface area contributed by atoms with Gasteiger partial charge in [-0.3, -0.25) is 4.79 Å². The van der Waals surface area contributed by atoms with Crippen LogP contribution in [0, 0.1) is 17.8 Å². The zero-order chi connectivity index (χ0) is 14.8. The van der Waals surface area contributed by atoms with Crippen molar-refractivity contribution in [3.63, 3.8) is 0 Å². The lowest BCUT2D eigenvalue weighted by molar-refractivity contribution is -0.124. The standard InChI is InChI=1S/C17H23NO2/c1-3-8-14(2)17(20)18-13-16-11-5-4-9-15(16)10-6-7-12-19/h4-5,9,11,14,19H,3,7-8,12-13H2,1-2H3,(H,18,20). The maximum Gasteiger partial charge on any atom is 0.223 e. The van der Waals surface area contributed by atoms with Gasteiger partial charge in [-0.1, -0.05) is 50.3 Å². The Hall–Kier alpha value is -1.79. The van der Waals surface area contributed by atoms with Crippen molar-refractivity contribution >= 4 is 5.91 Å². The molecule has 1 aromatic carbocycles. The van der Waals surface area contributed by atoms with E-state index in [4.69, 9.17) is 5.11 Å². The molecule has 0 bridgehead atoms. The summed E-state index contributed by atoms with van der Waals surface area (Å²) in [7, 11) is 0. The SMILES string of the molecule is CCCC(C)C(=O)NCc1ccccc1C#CCCO. The van der Waals surface area contributed by atoms with Crippen molar-refractivity contribution in [2.75, 3.05) is 6.61 Å². The van der Waals surface area contributed by atoms with Gasteiger partial charge >= 0.3 is 0 Å². The summed E-state index contributed by atoms with van der Waals surface area (Å²) < 4.78 is 0. The molecule has 0 saturated heterocycles. The average Bonchev–Trinajstić information content (AvgIpc) is 2.46. The highest BCUT2D eigenvalue weighted by Gasteiger charge is 2.11. The van der Waals surface area contributed by atoms with Crippen LogP contribution in [0.3, 0.4) is 0 Å². The predicted octanol–water partition coefficient (Wildman–Crippen LogP) is 2.47. The van der Waals surface area contributed by atoms with E-state index in [1.807, 2.05) is 31.2 Å². The van der Waals surface area contributed by atoms with E-state index in [9.17, 15) is 4.79 Å². The Morgan fingerprint density at radius 1 is 1.40 bits per heavy atom. The van der Waals surface area contributed by atoms with Gasteiger partial charge in [0.05, 0.1) is 6.61 Å². The molecule has 3 nitrogen and oxygen atoms in total. The second kappa shape index (κ2) is 9.17. The van der Waals surface area contributed by atoms with E-state index >= 15 is 0 Å². The molecular formula is C17H23NO2. The monoisotopic (exact) mass is 273 g/mol. The molecule has 1 rings (SSSR count). The van der Waals surface area contributed by atoms with Crippen molar-refractivity contribution in [3.05, 3.63) is 35.4 Å². The van der Waals surface area contributed by atoms with Crippen LogP contribution < -0.4 is 5.32 Å². The summed E-state index contributed by atoms with van der Waals surface area (Å²) in [4.78, 5) is 11.9. The number of carbonyl (C=O) groups is 1. The molecule has 0 radical (unpaired) electrons. The molecule has 0 heterocycles. The first-order valence-corrected chi connectivity index (χ1v) is 7.14. The van der Waals surface area contributed by atoms with Crippen molar-refractivity contribution in [1.29, 1.82) is 0 Å². The van der Waals surface area contributed by atoms with Crippen molar-refractivity contribution in [3.8, 4) is 11.8 Å². The van der Waals surface area contributed by atoms with Crippen LogP contribution in [0.4, 0.5) is 0 Å². The largest absolute Gasteiger partial charge is 0.395 e. The molecule has 20 heavy (non-hydrogen) atoms. The van der Waals surface area contributed by atoms with Gasteiger partial charge in [0.1, 0.15) is 0 Å². The minimum absolute atomic E-state index is 0.0487. The fourth-order valence-electron chi connectivity index (χ4n) is 1.93. The highest BCUT2D eigenvalue weighted by Crippen LogP contribution is 2.09. The van der Waals surface area contributed by atoms with Crippen molar-refractivity contribution in [2.24, 2.45) is 5.92 Å². The van der Waals surface area contributed by atoms with Crippen LogP contribution in [0.25, 0.3) is 0 Å². The molecule has 2 N–H and O–H groups in total. The number of carbonyl (C=O) groups excluding carboxylic acids is 1. The van der Waals surface area contributed by atoms with E-state index in [1.165, 1.54) is 0 Å². The van der Waals surface area contributed by atoms with Crippen LogP contribution in [0.1, 0.15) is 44.2 Å². The Balaban J connectivity index is 2.64. The summed E-state index contributed by atoms with van der Waals surface area (Å²) in [5.41, 5.74) is 1.92. The van der Waals surface area contributed by atoms with Gasteiger partial charge in [-0.2, -0.15) is 0 Å². The fraction of sp³-hybridized carbons (Fsp3) is 0.471. The minimum Gasteiger partial charge on any atom is -0.395 e. The average molecular weight is 273 g/mol. The molecule has 0 aliphatic rings. The van der Waals surface area contributed by atoms with Crippen LogP contribution in [-0.4, -0.2) is 17.6 Å². The molecule has 1 amide bonds. The van der Waals surface area contributed by atoms with Gasteiger partial charge in [0, 0.05) is 24.4 Å². The second-order valence-corrected chi connectivity index (χ2v) is 4.84. The third-order valence-electron chi connectivity index (χ3n) is 3.10. The van der Waals surface area contributed by atoms with E-state index in [-0.39, 0.29) is 18.4 Å². The van der Waals surface area contributed by atoms with Gasteiger partial charge in [-0.15, -0.1) is 0 Å². The van der Waals surface area contributed by atoms with E-state index in [0.29, 0.717) is 13.0 Å². The lowest BCUT2D eigenvalue weighted by Gasteiger charge is -2.12. The van der Waals surface area contributed by atoms with Crippen molar-refractivity contribution in [1.82, 2.24) is 5.32 Å². The molecule has 0 aliphatic carbocycles. The Kier molecular flexibility index (Phi) is 7.46. The summed E-state index contributed by atoms with van der Waals surface area (Å²) in [5, 5.41) is 11.7. The van der Waals surface area contributed by atoms with Crippen LogP contribution in [0.5, 0.6) is 0 Å². The predicted molar refractivity (Wildman–Crippen MR) is 80.9 cm³/mol. The molecule has 0 aliphatic heterocycles. The molecule has 108 valence electrons. The van der Waals surface area contributed by atoms with Crippen LogP contribution in [-0.2, 0) is 11.3 Å². The number of nitrogens with one attached hydrogen (secondary N) is 1. The smallest absolute Gasteiger partial charge is 0.223 e. The zero-order valence-electron chi connectivity index (χ0n) is 12.3. The Bertz CT molecular complexity index is 485. The van der Waals surface area contributed by atoms with Gasteiger partial charge in [-0.25, -0.2) is 0 Å². The minimum atomic E-state index is 0.0487. The van der Waals surface area contributed by atoms with Gasteiger partial charge < -0.3 is 10.4 Å². The second-order valence-electron chi connectivity index (χ2n) is 4.84. The summed E-state index contributed by atoms with van der Waals surface area (Å²) in [6, 6.07) is 7.76. The third kappa shape index (κ3) is 5.46. The number of hydrogen-bond acceptors (Lipinski definition) is 2. The highest BCUT2D eigenvalue weighted by molar-refractivity contribution is 5.78. The number of rotatable bonds is 6. The van der Waals surface area contributed by atoms with Gasteiger partial charge in [0.15, 0.2) is 0 Å². The lowest BCUT2D eigenvalue weighted by Crippen LogP contribution is -2.28. The molecule has 1 unspecified atom stereocenters. The molecule has 1 aromatic rings. The fourth-order valence-corrected chi connectivity index (χ4v) is 1.93. The quantitative estimate of drug-likeness (QED) is 0.782. The van der Waals surface area contributed by atoms with Crippen molar-refractivity contribution < 1.29 is 9.90 Å². The maximum absolute atomic E-state index is 11.9. The first kappa shape index (κ1) is 16.3. The lowest BCUT2D eigenvalue weighted by atomic mass is 10.0. The number of benzene rings is 1. The van der Waals surface area contributed by atoms with Gasteiger partial charge in [0.2, 0.25) is 5.91 Å². The Morgan fingerprint density at radius 2 is 2.15 bits per heavy atom. The van der Waals surface area contributed by atoms with E-state index in [0.717, 1.165) is 24.0 Å². The third-order valence-corrected chi connectivity index (χ3v) is 3.10. The zero-order valence-corrected chi connectivity index (χ0v) is 12.3. The summed E-state index contributed by atoms with van der Waals surface area (Å²) in [5.74, 6) is 6.08. The first-order chi connectivity index (χ1) is 9.69. The van der Waals surface area contributed by atoms with E-state index in [2.05, 4.69) is 24.1 Å². The Labute approximate surface area is 121 Å². The van der Waals surface area contributed by atoms with E-state index < -0.39 is 0 Å². The van der Waals surface area contributed by atoms with Crippen molar-refractivity contribution in [2.45, 2.75) is 39.7 Å². The molecule has 0 spiro atoms. The molecular weight excluding hydrogens is 250 g/mol. The molecule has 0 saturated carbocycles. The van der Waals surface area contributed by atoms with Crippen LogP contribution in [0.15, 0.2) is 24.3 Å². The first-order valence-electron chi connectivity index (χ1n) is 7.14. The number of aliphatic hydroxyl groups excluding tert-OH is 1. The van der Waals surface area contributed by atoms with Gasteiger partial charge in [-0.05, 0) is 18.1 Å². The molecule has 1 atom stereocenters. The summed E-state index contributed by atoms with van der Waals surface area (Å²) in [6.45, 7) is 4.60. The molecule has 3 heteroatoms. The molecule has 0 fully saturated rings. The normalized spacial score (nSPS) is 11.3.